The van der Waals surface area contributed by atoms with Crippen molar-refractivity contribution < 1.29 is 8.42 Å². The first-order valence-corrected chi connectivity index (χ1v) is 11.6. The second-order valence-corrected chi connectivity index (χ2v) is 9.07. The highest BCUT2D eigenvalue weighted by Crippen LogP contribution is 2.10. The molecule has 0 radical (unpaired) electrons. The van der Waals surface area contributed by atoms with E-state index < -0.39 is 9.84 Å². The van der Waals surface area contributed by atoms with Crippen LogP contribution in [0.5, 0.6) is 0 Å². The molecule has 30 heavy (non-hydrogen) atoms. The summed E-state index contributed by atoms with van der Waals surface area (Å²) in [5.41, 5.74) is 3.35. The van der Waals surface area contributed by atoms with Gasteiger partial charge in [0.05, 0.1) is 17.6 Å². The summed E-state index contributed by atoms with van der Waals surface area (Å²) in [6.07, 6.45) is 5.85. The topological polar surface area (TPSA) is 88.4 Å². The number of hydrogen-bond acceptors (Lipinski definition) is 4. The van der Waals surface area contributed by atoms with Crippen LogP contribution >= 0.6 is 0 Å². The molecule has 0 amide bonds. The van der Waals surface area contributed by atoms with Gasteiger partial charge in [-0.05, 0) is 29.7 Å². The number of aromatic nitrogens is 2. The van der Waals surface area contributed by atoms with Gasteiger partial charge in [0.15, 0.2) is 15.8 Å². The van der Waals surface area contributed by atoms with Gasteiger partial charge in [0.25, 0.3) is 0 Å². The van der Waals surface area contributed by atoms with Crippen molar-refractivity contribution >= 4 is 15.8 Å². The highest BCUT2D eigenvalue weighted by molar-refractivity contribution is 7.90. The van der Waals surface area contributed by atoms with Crippen LogP contribution in [0.15, 0.2) is 76.9 Å². The molecule has 0 saturated carbocycles. The molecule has 3 aromatic rings. The van der Waals surface area contributed by atoms with Gasteiger partial charge in [-0.2, -0.15) is 5.10 Å². The van der Waals surface area contributed by atoms with Crippen molar-refractivity contribution in [3.8, 4) is 0 Å². The Hall–Kier alpha value is -3.13. The van der Waals surface area contributed by atoms with Gasteiger partial charge in [-0.3, -0.25) is 9.67 Å². The van der Waals surface area contributed by atoms with Crippen molar-refractivity contribution in [2.24, 2.45) is 4.99 Å². The summed E-state index contributed by atoms with van der Waals surface area (Å²) in [6, 6.07) is 17.2. The van der Waals surface area contributed by atoms with Gasteiger partial charge >= 0.3 is 0 Å². The summed E-state index contributed by atoms with van der Waals surface area (Å²) in [5.74, 6) is 0.707. The van der Waals surface area contributed by atoms with E-state index in [9.17, 15) is 8.42 Å². The predicted molar refractivity (Wildman–Crippen MR) is 119 cm³/mol. The summed E-state index contributed by atoms with van der Waals surface area (Å²) in [6.45, 7) is 2.05. The molecule has 7 nitrogen and oxygen atoms in total. The second-order valence-electron chi connectivity index (χ2n) is 7.05. The lowest BCUT2D eigenvalue weighted by Crippen LogP contribution is -2.37. The quantitative estimate of drug-likeness (QED) is 0.427. The molecule has 0 unspecified atom stereocenters. The second kappa shape index (κ2) is 10.1. The lowest BCUT2D eigenvalue weighted by atomic mass is 10.1. The molecule has 2 aromatic carbocycles. The molecule has 8 heteroatoms. The van der Waals surface area contributed by atoms with Crippen LogP contribution < -0.4 is 10.6 Å². The Morgan fingerprint density at radius 2 is 1.73 bits per heavy atom. The van der Waals surface area contributed by atoms with E-state index in [0.717, 1.165) is 24.1 Å². The predicted octanol–water partition coefficient (Wildman–Crippen LogP) is 2.24. The van der Waals surface area contributed by atoms with E-state index in [1.54, 1.807) is 19.2 Å². The lowest BCUT2D eigenvalue weighted by Gasteiger charge is -2.11. The fourth-order valence-electron chi connectivity index (χ4n) is 2.99. The maximum atomic E-state index is 11.5. The van der Waals surface area contributed by atoms with Crippen molar-refractivity contribution in [1.82, 2.24) is 20.4 Å². The Bertz CT molecular complexity index is 1070. The minimum atomic E-state index is -3.16. The van der Waals surface area contributed by atoms with E-state index in [1.165, 1.54) is 11.8 Å². The molecule has 2 N–H and O–H groups in total. The minimum absolute atomic E-state index is 0.337. The SMILES string of the molecule is CN=C(NCCc1ccc(S(C)(=O)=O)cc1)NCc1cnn(Cc2ccccc2)c1. The van der Waals surface area contributed by atoms with Gasteiger partial charge in [-0.15, -0.1) is 0 Å². The maximum absolute atomic E-state index is 11.5. The number of benzene rings is 2. The number of aliphatic imine (C=N–C) groups is 1. The number of hydrogen-bond donors (Lipinski definition) is 2. The average Bonchev–Trinajstić information content (AvgIpc) is 3.18. The van der Waals surface area contributed by atoms with Gasteiger partial charge in [0, 0.05) is 38.2 Å². The molecule has 0 fully saturated rings. The zero-order valence-electron chi connectivity index (χ0n) is 17.2. The van der Waals surface area contributed by atoms with Crippen molar-refractivity contribution in [2.45, 2.75) is 24.4 Å². The molecule has 158 valence electrons. The van der Waals surface area contributed by atoms with Crippen LogP contribution in [0.3, 0.4) is 0 Å². The van der Waals surface area contributed by atoms with Gasteiger partial charge < -0.3 is 10.6 Å². The van der Waals surface area contributed by atoms with Crippen molar-refractivity contribution in [3.05, 3.63) is 83.7 Å². The number of rotatable bonds is 8. The molecule has 3 rings (SSSR count). The molecule has 0 bridgehead atoms. The van der Waals surface area contributed by atoms with Crippen LogP contribution in [-0.2, 0) is 29.3 Å². The number of nitrogens with one attached hydrogen (secondary N) is 2. The van der Waals surface area contributed by atoms with E-state index >= 15 is 0 Å². The van der Waals surface area contributed by atoms with Crippen LogP contribution in [0.2, 0.25) is 0 Å². The van der Waals surface area contributed by atoms with Crippen LogP contribution in [0.4, 0.5) is 0 Å². The molecule has 0 saturated heterocycles. The van der Waals surface area contributed by atoms with E-state index in [-0.39, 0.29) is 0 Å². The fraction of sp³-hybridized carbons (Fsp3) is 0.273. The average molecular weight is 426 g/mol. The summed E-state index contributed by atoms with van der Waals surface area (Å²) in [5, 5.41) is 11.0. The van der Waals surface area contributed by atoms with Crippen LogP contribution in [-0.4, -0.2) is 44.0 Å². The summed E-state index contributed by atoms with van der Waals surface area (Å²) >= 11 is 0. The molecular formula is C22H27N5O2S. The smallest absolute Gasteiger partial charge is 0.191 e. The van der Waals surface area contributed by atoms with Crippen LogP contribution in [0, 0.1) is 0 Å². The molecule has 0 aliphatic carbocycles. The standard InChI is InChI=1S/C22H27N5O2S/c1-23-22(24-13-12-18-8-10-21(11-9-18)30(2,28)29)25-14-20-15-26-27(17-20)16-19-6-4-3-5-7-19/h3-11,15,17H,12-14,16H2,1-2H3,(H2,23,24,25). The Balaban J connectivity index is 1.44. The first-order chi connectivity index (χ1) is 14.4. The Morgan fingerprint density at radius 1 is 1.00 bits per heavy atom. The van der Waals surface area contributed by atoms with Gasteiger partial charge in [0.1, 0.15) is 0 Å². The Kier molecular flexibility index (Phi) is 7.24. The zero-order valence-corrected chi connectivity index (χ0v) is 18.1. The molecular weight excluding hydrogens is 398 g/mol. The normalized spacial score (nSPS) is 12.0. The van der Waals surface area contributed by atoms with Gasteiger partial charge in [-0.1, -0.05) is 42.5 Å². The Labute approximate surface area is 177 Å². The van der Waals surface area contributed by atoms with E-state index in [2.05, 4.69) is 32.9 Å². The largest absolute Gasteiger partial charge is 0.356 e. The fourth-order valence-corrected chi connectivity index (χ4v) is 3.62. The summed E-state index contributed by atoms with van der Waals surface area (Å²) in [7, 11) is -1.43. The Morgan fingerprint density at radius 3 is 2.40 bits per heavy atom. The maximum Gasteiger partial charge on any atom is 0.191 e. The van der Waals surface area contributed by atoms with Gasteiger partial charge in [-0.25, -0.2) is 8.42 Å². The molecule has 0 spiro atoms. The minimum Gasteiger partial charge on any atom is -0.356 e. The highest BCUT2D eigenvalue weighted by atomic mass is 32.2. The van der Waals surface area contributed by atoms with Crippen molar-refractivity contribution in [1.29, 1.82) is 0 Å². The number of sulfone groups is 1. The third-order valence-electron chi connectivity index (χ3n) is 4.62. The monoisotopic (exact) mass is 425 g/mol. The lowest BCUT2D eigenvalue weighted by molar-refractivity contribution is 0.602. The van der Waals surface area contributed by atoms with E-state index in [0.29, 0.717) is 23.9 Å². The third-order valence-corrected chi connectivity index (χ3v) is 5.74. The van der Waals surface area contributed by atoms with Crippen LogP contribution in [0.1, 0.15) is 16.7 Å². The molecule has 1 heterocycles. The highest BCUT2D eigenvalue weighted by Gasteiger charge is 2.06. The van der Waals surface area contributed by atoms with E-state index in [4.69, 9.17) is 0 Å². The van der Waals surface area contributed by atoms with Crippen molar-refractivity contribution in [3.63, 3.8) is 0 Å². The first-order valence-electron chi connectivity index (χ1n) is 9.73. The number of guanidine groups is 1. The van der Waals surface area contributed by atoms with Gasteiger partial charge in [0.2, 0.25) is 0 Å². The molecule has 0 aliphatic heterocycles. The van der Waals surface area contributed by atoms with Crippen LogP contribution in [0.25, 0.3) is 0 Å². The molecule has 1 aromatic heterocycles. The summed E-state index contributed by atoms with van der Waals surface area (Å²) in [4.78, 5) is 4.58. The number of nitrogens with zero attached hydrogens (tertiary/aromatic N) is 3. The molecule has 0 atom stereocenters. The summed E-state index contributed by atoms with van der Waals surface area (Å²) < 4.78 is 25.0. The molecule has 0 aliphatic rings. The zero-order chi connectivity index (χ0) is 21.4. The van der Waals surface area contributed by atoms with E-state index in [1.807, 2.05) is 47.4 Å². The third kappa shape index (κ3) is 6.45. The first kappa shape index (κ1) is 21.6. The van der Waals surface area contributed by atoms with Crippen molar-refractivity contribution in [2.75, 3.05) is 19.8 Å².